The largest absolute Gasteiger partial charge is 0.467 e. The molecule has 98 valence electrons. The number of methoxy groups -OCH3 is 1. The molecule has 6 nitrogen and oxygen atoms in total. The van der Waals surface area contributed by atoms with Crippen LogP contribution in [0, 0.1) is 11.3 Å². The molecule has 1 aromatic rings. The number of anilines is 2. The minimum atomic E-state index is 0.341. The summed E-state index contributed by atoms with van der Waals surface area (Å²) < 4.78 is 5.06. The molecule has 6 heteroatoms. The summed E-state index contributed by atoms with van der Waals surface area (Å²) in [6.07, 6.45) is 5.46. The summed E-state index contributed by atoms with van der Waals surface area (Å²) in [6, 6.07) is 0.341. The number of ether oxygens (including phenoxy) is 1. The van der Waals surface area contributed by atoms with Crippen LogP contribution < -0.4 is 15.4 Å². The van der Waals surface area contributed by atoms with Crippen molar-refractivity contribution in [3.63, 3.8) is 0 Å². The summed E-state index contributed by atoms with van der Waals surface area (Å²) >= 11 is 0. The third-order valence-electron chi connectivity index (χ3n) is 3.96. The van der Waals surface area contributed by atoms with E-state index in [0.29, 0.717) is 23.3 Å². The van der Waals surface area contributed by atoms with Crippen LogP contribution in [-0.4, -0.2) is 35.7 Å². The van der Waals surface area contributed by atoms with Crippen LogP contribution in [0.25, 0.3) is 0 Å². The van der Waals surface area contributed by atoms with Gasteiger partial charge in [-0.2, -0.15) is 15.0 Å². The Bertz CT molecular complexity index is 420. The lowest BCUT2D eigenvalue weighted by molar-refractivity contribution is 0.379. The van der Waals surface area contributed by atoms with Gasteiger partial charge in [0.15, 0.2) is 0 Å². The van der Waals surface area contributed by atoms with Crippen LogP contribution >= 0.6 is 0 Å². The molecule has 0 saturated heterocycles. The van der Waals surface area contributed by atoms with Gasteiger partial charge in [-0.3, -0.25) is 0 Å². The molecule has 0 unspecified atom stereocenters. The fourth-order valence-electron chi connectivity index (χ4n) is 2.48. The van der Waals surface area contributed by atoms with Crippen molar-refractivity contribution in [2.75, 3.05) is 31.3 Å². The Kier molecular flexibility index (Phi) is 2.72. The van der Waals surface area contributed by atoms with E-state index in [1.807, 2.05) is 0 Å². The molecule has 2 fully saturated rings. The molecule has 0 atom stereocenters. The van der Waals surface area contributed by atoms with E-state index in [4.69, 9.17) is 4.74 Å². The maximum absolute atomic E-state index is 5.06. The summed E-state index contributed by atoms with van der Waals surface area (Å²) in [5.41, 5.74) is 0.527. The molecule has 2 N–H and O–H groups in total. The Morgan fingerprint density at radius 3 is 2.50 bits per heavy atom. The first-order chi connectivity index (χ1) is 8.75. The molecule has 18 heavy (non-hydrogen) atoms. The van der Waals surface area contributed by atoms with Crippen LogP contribution in [-0.2, 0) is 0 Å². The van der Waals surface area contributed by atoms with Crippen molar-refractivity contribution in [2.45, 2.75) is 25.7 Å². The number of nitrogens with one attached hydrogen (secondary N) is 2. The first-order valence-corrected chi connectivity index (χ1v) is 6.47. The molecule has 0 aliphatic heterocycles. The van der Waals surface area contributed by atoms with E-state index >= 15 is 0 Å². The second-order valence-electron chi connectivity index (χ2n) is 5.21. The van der Waals surface area contributed by atoms with Crippen LogP contribution in [0.3, 0.4) is 0 Å². The van der Waals surface area contributed by atoms with Crippen LogP contribution in [0.2, 0.25) is 0 Å². The minimum absolute atomic E-state index is 0.341. The third-order valence-corrected chi connectivity index (χ3v) is 3.96. The molecule has 2 saturated carbocycles. The molecule has 0 spiro atoms. The Morgan fingerprint density at radius 1 is 1.22 bits per heavy atom. The molecule has 0 bridgehead atoms. The van der Waals surface area contributed by atoms with Crippen LogP contribution in [0.5, 0.6) is 6.01 Å². The monoisotopic (exact) mass is 249 g/mol. The fraction of sp³-hybridized carbons (Fsp3) is 0.750. The maximum atomic E-state index is 5.06. The van der Waals surface area contributed by atoms with Crippen molar-refractivity contribution >= 4 is 11.9 Å². The Morgan fingerprint density at radius 2 is 1.94 bits per heavy atom. The van der Waals surface area contributed by atoms with E-state index in [9.17, 15) is 0 Å². The molecule has 0 amide bonds. The molecule has 2 aliphatic rings. The highest BCUT2D eigenvalue weighted by Crippen LogP contribution is 2.61. The van der Waals surface area contributed by atoms with E-state index in [-0.39, 0.29) is 0 Å². The van der Waals surface area contributed by atoms with Crippen molar-refractivity contribution in [3.8, 4) is 6.01 Å². The second-order valence-corrected chi connectivity index (χ2v) is 5.21. The molecule has 1 aromatic heterocycles. The normalized spacial score (nSPS) is 20.3. The van der Waals surface area contributed by atoms with Crippen molar-refractivity contribution in [3.05, 3.63) is 0 Å². The van der Waals surface area contributed by atoms with Crippen molar-refractivity contribution in [1.82, 2.24) is 15.0 Å². The zero-order chi connectivity index (χ0) is 12.6. The lowest BCUT2D eigenvalue weighted by Gasteiger charge is -2.15. The van der Waals surface area contributed by atoms with Gasteiger partial charge in [-0.25, -0.2) is 0 Å². The average molecular weight is 249 g/mol. The van der Waals surface area contributed by atoms with Crippen molar-refractivity contribution < 1.29 is 4.74 Å². The molecular formula is C12H19N5O. The average Bonchev–Trinajstić information content (AvgIpc) is 3.28. The standard InChI is InChI=1S/C12H19N5O/c1-13-9-15-10(17-11(16-9)18-2)14-7-12(5-6-12)8-3-4-8/h8H,3-7H2,1-2H3,(H2,13,14,15,16,17). The van der Waals surface area contributed by atoms with Crippen LogP contribution in [0.1, 0.15) is 25.7 Å². The summed E-state index contributed by atoms with van der Waals surface area (Å²) in [5.74, 6) is 2.05. The first kappa shape index (κ1) is 11.5. The van der Waals surface area contributed by atoms with Gasteiger partial charge in [0, 0.05) is 13.6 Å². The van der Waals surface area contributed by atoms with Gasteiger partial charge in [0.25, 0.3) is 0 Å². The Balaban J connectivity index is 1.68. The van der Waals surface area contributed by atoms with Crippen LogP contribution in [0.4, 0.5) is 11.9 Å². The Hall–Kier alpha value is -1.59. The number of nitrogens with zero attached hydrogens (tertiary/aromatic N) is 3. The summed E-state index contributed by atoms with van der Waals surface area (Å²) in [7, 11) is 3.34. The van der Waals surface area contributed by atoms with Gasteiger partial charge in [0.05, 0.1) is 7.11 Å². The van der Waals surface area contributed by atoms with Gasteiger partial charge in [0.1, 0.15) is 0 Å². The van der Waals surface area contributed by atoms with Crippen molar-refractivity contribution in [1.29, 1.82) is 0 Å². The van der Waals surface area contributed by atoms with E-state index in [1.54, 1.807) is 14.2 Å². The fourth-order valence-corrected chi connectivity index (χ4v) is 2.48. The highest BCUT2D eigenvalue weighted by molar-refractivity contribution is 5.36. The quantitative estimate of drug-likeness (QED) is 0.796. The summed E-state index contributed by atoms with van der Waals surface area (Å²) in [6.45, 7) is 0.966. The predicted molar refractivity (Wildman–Crippen MR) is 68.8 cm³/mol. The van der Waals surface area contributed by atoms with E-state index in [2.05, 4.69) is 25.6 Å². The molecule has 0 aromatic carbocycles. The van der Waals surface area contributed by atoms with E-state index in [1.165, 1.54) is 25.7 Å². The van der Waals surface area contributed by atoms with Crippen molar-refractivity contribution in [2.24, 2.45) is 11.3 Å². The van der Waals surface area contributed by atoms with Gasteiger partial charge in [-0.15, -0.1) is 0 Å². The zero-order valence-electron chi connectivity index (χ0n) is 10.9. The maximum Gasteiger partial charge on any atom is 0.322 e. The lowest BCUT2D eigenvalue weighted by Crippen LogP contribution is -2.19. The SMILES string of the molecule is CNc1nc(NCC2(C3CC3)CC2)nc(OC)n1. The molecule has 0 radical (unpaired) electrons. The number of aromatic nitrogens is 3. The first-order valence-electron chi connectivity index (χ1n) is 6.47. The summed E-state index contributed by atoms with van der Waals surface area (Å²) in [5, 5.41) is 6.24. The third kappa shape index (κ3) is 2.19. The van der Waals surface area contributed by atoms with E-state index < -0.39 is 0 Å². The molecule has 2 aliphatic carbocycles. The second kappa shape index (κ2) is 4.26. The van der Waals surface area contributed by atoms with Gasteiger partial charge in [-0.05, 0) is 37.0 Å². The molecule has 1 heterocycles. The predicted octanol–water partition coefficient (Wildman–Crippen LogP) is 1.52. The number of hydrogen-bond donors (Lipinski definition) is 2. The Labute approximate surface area is 107 Å². The lowest BCUT2D eigenvalue weighted by atomic mass is 10.0. The van der Waals surface area contributed by atoms with Gasteiger partial charge in [0.2, 0.25) is 11.9 Å². The van der Waals surface area contributed by atoms with Gasteiger partial charge in [-0.1, -0.05) is 0 Å². The topological polar surface area (TPSA) is 72.0 Å². The highest BCUT2D eigenvalue weighted by atomic mass is 16.5. The number of hydrogen-bond acceptors (Lipinski definition) is 6. The minimum Gasteiger partial charge on any atom is -0.467 e. The summed E-state index contributed by atoms with van der Waals surface area (Å²) in [4.78, 5) is 12.6. The zero-order valence-corrected chi connectivity index (χ0v) is 10.9. The van der Waals surface area contributed by atoms with Crippen LogP contribution in [0.15, 0.2) is 0 Å². The smallest absolute Gasteiger partial charge is 0.322 e. The van der Waals surface area contributed by atoms with Gasteiger partial charge >= 0.3 is 6.01 Å². The molecule has 3 rings (SSSR count). The molecular weight excluding hydrogens is 230 g/mol. The van der Waals surface area contributed by atoms with Gasteiger partial charge < -0.3 is 15.4 Å². The van der Waals surface area contributed by atoms with E-state index in [0.717, 1.165) is 12.5 Å². The highest BCUT2D eigenvalue weighted by Gasteiger charge is 2.53. The number of rotatable bonds is 6.